The molecule has 2 amide bonds. The number of aryl methyl sites for hydroxylation is 1. The fourth-order valence-electron chi connectivity index (χ4n) is 4.42. The number of amides is 2. The van der Waals surface area contributed by atoms with Gasteiger partial charge in [-0.05, 0) is 56.9 Å². The van der Waals surface area contributed by atoms with Crippen molar-refractivity contribution < 1.29 is 14.0 Å². The van der Waals surface area contributed by atoms with Crippen molar-refractivity contribution in [3.8, 4) is 0 Å². The Bertz CT molecular complexity index is 898. The van der Waals surface area contributed by atoms with E-state index < -0.39 is 5.41 Å². The second-order valence-electron chi connectivity index (χ2n) is 7.88. The molecule has 0 unspecified atom stereocenters. The molecule has 0 N–H and O–H groups in total. The van der Waals surface area contributed by atoms with Crippen LogP contribution in [0.3, 0.4) is 0 Å². The molecule has 28 heavy (non-hydrogen) atoms. The molecule has 3 heterocycles. The van der Waals surface area contributed by atoms with E-state index in [1.54, 1.807) is 27.9 Å². The molecule has 2 fully saturated rings. The van der Waals surface area contributed by atoms with Gasteiger partial charge in [-0.1, -0.05) is 0 Å². The van der Waals surface area contributed by atoms with Crippen molar-refractivity contribution >= 4 is 17.5 Å². The summed E-state index contributed by atoms with van der Waals surface area (Å²) in [6.07, 6.45) is 4.70. The van der Waals surface area contributed by atoms with Crippen molar-refractivity contribution in [2.45, 2.75) is 32.6 Å². The summed E-state index contributed by atoms with van der Waals surface area (Å²) in [7, 11) is 1.82. The molecule has 1 aromatic carbocycles. The number of carbonyl (C=O) groups excluding carboxylic acids is 2. The number of likely N-dealkylation sites (tertiary alicyclic amines) is 1. The molecular weight excluding hydrogens is 359 g/mol. The number of halogens is 1. The van der Waals surface area contributed by atoms with Crippen LogP contribution in [0.25, 0.3) is 0 Å². The fourth-order valence-corrected chi connectivity index (χ4v) is 4.42. The molecule has 2 aromatic rings. The molecule has 1 aromatic heterocycles. The van der Waals surface area contributed by atoms with E-state index in [4.69, 9.17) is 0 Å². The van der Waals surface area contributed by atoms with E-state index in [2.05, 4.69) is 5.10 Å². The van der Waals surface area contributed by atoms with Gasteiger partial charge in [0, 0.05) is 38.1 Å². The zero-order chi connectivity index (χ0) is 19.9. The van der Waals surface area contributed by atoms with Gasteiger partial charge in [0.25, 0.3) is 5.91 Å². The quantitative estimate of drug-likeness (QED) is 0.800. The predicted molar refractivity (Wildman–Crippen MR) is 104 cm³/mol. The van der Waals surface area contributed by atoms with Crippen LogP contribution in [0.1, 0.15) is 41.7 Å². The molecule has 0 saturated carbocycles. The minimum Gasteiger partial charge on any atom is -0.338 e. The number of piperidine rings is 2. The van der Waals surface area contributed by atoms with Gasteiger partial charge >= 0.3 is 0 Å². The smallest absolute Gasteiger partial charge is 0.257 e. The largest absolute Gasteiger partial charge is 0.338 e. The Morgan fingerprint density at radius 1 is 1.11 bits per heavy atom. The number of aromatic nitrogens is 2. The van der Waals surface area contributed by atoms with Gasteiger partial charge in [-0.3, -0.25) is 14.3 Å². The van der Waals surface area contributed by atoms with Crippen molar-refractivity contribution in [2.24, 2.45) is 12.5 Å². The maximum absolute atomic E-state index is 13.3. The summed E-state index contributed by atoms with van der Waals surface area (Å²) in [5.74, 6) is -0.213. The summed E-state index contributed by atoms with van der Waals surface area (Å²) in [5, 5.41) is 4.16. The van der Waals surface area contributed by atoms with Gasteiger partial charge in [0.1, 0.15) is 5.82 Å². The van der Waals surface area contributed by atoms with Crippen molar-refractivity contribution in [2.75, 3.05) is 24.5 Å². The van der Waals surface area contributed by atoms with Crippen LogP contribution in [0.15, 0.2) is 30.5 Å². The van der Waals surface area contributed by atoms with Crippen molar-refractivity contribution in [3.05, 3.63) is 47.5 Å². The van der Waals surface area contributed by atoms with E-state index in [0.29, 0.717) is 38.0 Å². The van der Waals surface area contributed by atoms with Gasteiger partial charge in [0.05, 0.1) is 17.2 Å². The van der Waals surface area contributed by atoms with Crippen molar-refractivity contribution in [3.63, 3.8) is 0 Å². The van der Waals surface area contributed by atoms with E-state index >= 15 is 0 Å². The third-order valence-electron chi connectivity index (χ3n) is 6.35. The first kappa shape index (κ1) is 18.7. The Morgan fingerprint density at radius 3 is 2.39 bits per heavy atom. The molecule has 2 aliphatic heterocycles. The van der Waals surface area contributed by atoms with Crippen LogP contribution in [0.4, 0.5) is 10.1 Å². The number of rotatable bonds is 2. The average molecular weight is 384 g/mol. The highest BCUT2D eigenvalue weighted by Crippen LogP contribution is 2.42. The Balaban J connectivity index is 1.48. The van der Waals surface area contributed by atoms with E-state index in [9.17, 15) is 14.0 Å². The number of anilines is 1. The summed E-state index contributed by atoms with van der Waals surface area (Å²) in [6, 6.07) is 6.11. The van der Waals surface area contributed by atoms with Gasteiger partial charge in [0.2, 0.25) is 5.91 Å². The molecule has 7 heteroatoms. The van der Waals surface area contributed by atoms with E-state index in [1.165, 1.54) is 12.1 Å². The van der Waals surface area contributed by atoms with Gasteiger partial charge in [-0.2, -0.15) is 5.10 Å². The van der Waals surface area contributed by atoms with E-state index in [-0.39, 0.29) is 17.6 Å². The molecular formula is C21H25FN4O2. The SMILES string of the molecule is Cc1c(C(=O)N2CCC3(CCCN(c4ccc(F)cc4)C3=O)CC2)cnn1C. The molecule has 1 spiro atoms. The van der Waals surface area contributed by atoms with Crippen LogP contribution in [0, 0.1) is 18.2 Å². The van der Waals surface area contributed by atoms with Crippen LogP contribution >= 0.6 is 0 Å². The highest BCUT2D eigenvalue weighted by molar-refractivity contribution is 5.99. The van der Waals surface area contributed by atoms with Crippen LogP contribution in [0.5, 0.6) is 0 Å². The highest BCUT2D eigenvalue weighted by Gasteiger charge is 2.46. The lowest BCUT2D eigenvalue weighted by Gasteiger charge is -2.46. The van der Waals surface area contributed by atoms with Crippen molar-refractivity contribution in [1.82, 2.24) is 14.7 Å². The highest BCUT2D eigenvalue weighted by atomic mass is 19.1. The Kier molecular flexibility index (Phi) is 4.69. The lowest BCUT2D eigenvalue weighted by molar-refractivity contribution is -0.133. The van der Waals surface area contributed by atoms with E-state index in [0.717, 1.165) is 24.2 Å². The standard InChI is InChI=1S/C21H25FN4O2/c1-15-18(14-23-24(15)2)19(27)25-12-9-21(10-13-25)8-3-11-26(20(21)28)17-6-4-16(22)5-7-17/h4-7,14H,3,8-13H2,1-2H3. The summed E-state index contributed by atoms with van der Waals surface area (Å²) >= 11 is 0. The normalized spacial score (nSPS) is 19.3. The minimum absolute atomic E-state index is 0.0147. The predicted octanol–water partition coefficient (Wildman–Crippen LogP) is 2.92. The van der Waals surface area contributed by atoms with Gasteiger partial charge in [-0.15, -0.1) is 0 Å². The monoisotopic (exact) mass is 384 g/mol. The fraction of sp³-hybridized carbons (Fsp3) is 0.476. The molecule has 4 rings (SSSR count). The zero-order valence-electron chi connectivity index (χ0n) is 16.3. The molecule has 0 aliphatic carbocycles. The maximum atomic E-state index is 13.3. The molecule has 6 nitrogen and oxygen atoms in total. The number of carbonyl (C=O) groups is 2. The van der Waals surface area contributed by atoms with Crippen LogP contribution in [-0.4, -0.2) is 46.1 Å². The second-order valence-corrected chi connectivity index (χ2v) is 7.88. The minimum atomic E-state index is -0.423. The average Bonchev–Trinajstić information content (AvgIpc) is 3.04. The van der Waals surface area contributed by atoms with Crippen LogP contribution < -0.4 is 4.90 Å². The van der Waals surface area contributed by atoms with Crippen molar-refractivity contribution in [1.29, 1.82) is 0 Å². The number of hydrogen-bond donors (Lipinski definition) is 0. The Morgan fingerprint density at radius 2 is 1.79 bits per heavy atom. The van der Waals surface area contributed by atoms with Gasteiger partial charge in [0.15, 0.2) is 0 Å². The first-order chi connectivity index (χ1) is 13.4. The maximum Gasteiger partial charge on any atom is 0.257 e. The number of nitrogens with zero attached hydrogens (tertiary/aromatic N) is 4. The third-order valence-corrected chi connectivity index (χ3v) is 6.35. The second kappa shape index (κ2) is 7.04. The lowest BCUT2D eigenvalue weighted by Crippen LogP contribution is -2.54. The van der Waals surface area contributed by atoms with E-state index in [1.807, 2.05) is 18.9 Å². The Labute approximate surface area is 163 Å². The van der Waals surface area contributed by atoms with Gasteiger partial charge in [-0.25, -0.2) is 4.39 Å². The lowest BCUT2D eigenvalue weighted by atomic mass is 9.71. The first-order valence-electron chi connectivity index (χ1n) is 9.77. The van der Waals surface area contributed by atoms with Gasteiger partial charge < -0.3 is 9.80 Å². The van der Waals surface area contributed by atoms with Crippen LogP contribution in [0.2, 0.25) is 0 Å². The molecule has 0 atom stereocenters. The summed E-state index contributed by atoms with van der Waals surface area (Å²) < 4.78 is 14.9. The molecule has 148 valence electrons. The molecule has 2 aliphatic rings. The van der Waals surface area contributed by atoms with Crippen LogP contribution in [-0.2, 0) is 11.8 Å². The summed E-state index contributed by atoms with van der Waals surface area (Å²) in [5.41, 5.74) is 1.80. The third kappa shape index (κ3) is 3.08. The summed E-state index contributed by atoms with van der Waals surface area (Å²) in [6.45, 7) is 3.67. The summed E-state index contributed by atoms with van der Waals surface area (Å²) in [4.78, 5) is 29.8. The number of hydrogen-bond acceptors (Lipinski definition) is 3. The first-order valence-corrected chi connectivity index (χ1v) is 9.77. The molecule has 0 bridgehead atoms. The molecule has 0 radical (unpaired) electrons. The topological polar surface area (TPSA) is 58.4 Å². The molecule has 2 saturated heterocycles. The Hall–Kier alpha value is -2.70. The number of benzene rings is 1. The zero-order valence-corrected chi connectivity index (χ0v) is 16.3.